The highest BCUT2D eigenvalue weighted by Crippen LogP contribution is 2.31. The van der Waals surface area contributed by atoms with Crippen LogP contribution in [0, 0.1) is 17.6 Å². The fraction of sp³-hybridized carbons (Fsp3) is 0.375. The van der Waals surface area contributed by atoms with E-state index in [0.717, 1.165) is 48.5 Å². The van der Waals surface area contributed by atoms with E-state index >= 15 is 0 Å². The number of nitrogens with two attached hydrogens (primary N) is 1. The smallest absolute Gasteiger partial charge is 0.248 e. The first-order valence-corrected chi connectivity index (χ1v) is 10.8. The standard InChI is InChI=1S/C24H27F2N5O.ClH/c1-31(2)23-18-5-3-4-6-20(18)29-24(30-23)28-17-9-7-14(8-10-17)11-15-12-16(22(27)32)13-19(25)21(15)26;/h3-6,12-14,17H,7-11H2,1-2H3,(H2,27,32)(H,28,29,30);1H. The average Bonchev–Trinajstić information content (AvgIpc) is 2.77. The van der Waals surface area contributed by atoms with E-state index in [0.29, 0.717) is 12.4 Å². The maximum Gasteiger partial charge on any atom is 0.248 e. The van der Waals surface area contributed by atoms with E-state index in [1.807, 2.05) is 43.3 Å². The molecule has 0 saturated heterocycles. The summed E-state index contributed by atoms with van der Waals surface area (Å²) in [5.41, 5.74) is 6.33. The number of hydrogen-bond donors (Lipinski definition) is 2. The zero-order valence-corrected chi connectivity index (χ0v) is 19.5. The van der Waals surface area contributed by atoms with Crippen LogP contribution in [0.5, 0.6) is 0 Å². The van der Waals surface area contributed by atoms with Crippen molar-refractivity contribution in [2.24, 2.45) is 11.7 Å². The van der Waals surface area contributed by atoms with Gasteiger partial charge in [0.1, 0.15) is 5.82 Å². The minimum atomic E-state index is -1.03. The van der Waals surface area contributed by atoms with E-state index in [9.17, 15) is 13.6 Å². The van der Waals surface area contributed by atoms with Gasteiger partial charge in [-0.3, -0.25) is 4.79 Å². The Labute approximate surface area is 198 Å². The second-order valence-corrected chi connectivity index (χ2v) is 8.64. The van der Waals surface area contributed by atoms with Gasteiger partial charge in [-0.1, -0.05) is 12.1 Å². The number of para-hydroxylation sites is 1. The van der Waals surface area contributed by atoms with E-state index in [1.165, 1.54) is 6.07 Å². The summed E-state index contributed by atoms with van der Waals surface area (Å²) in [6.45, 7) is 0. The van der Waals surface area contributed by atoms with Crippen LogP contribution in [0.2, 0.25) is 0 Å². The first-order valence-electron chi connectivity index (χ1n) is 10.8. The molecule has 33 heavy (non-hydrogen) atoms. The van der Waals surface area contributed by atoms with Gasteiger partial charge in [0.15, 0.2) is 11.6 Å². The van der Waals surface area contributed by atoms with Crippen LogP contribution >= 0.6 is 12.4 Å². The highest BCUT2D eigenvalue weighted by atomic mass is 35.5. The molecule has 3 aromatic rings. The van der Waals surface area contributed by atoms with Gasteiger partial charge in [-0.05, 0) is 67.9 Å². The first kappa shape index (κ1) is 24.6. The summed E-state index contributed by atoms with van der Waals surface area (Å²) in [6.07, 6.45) is 3.84. The van der Waals surface area contributed by atoms with Crippen LogP contribution in [0.4, 0.5) is 20.5 Å². The molecule has 1 aliphatic carbocycles. The van der Waals surface area contributed by atoms with Gasteiger partial charge in [0.2, 0.25) is 11.9 Å². The Hall–Kier alpha value is -3.00. The summed E-state index contributed by atoms with van der Waals surface area (Å²) in [6, 6.07) is 10.3. The zero-order valence-electron chi connectivity index (χ0n) is 18.6. The lowest BCUT2D eigenvalue weighted by Crippen LogP contribution is -2.28. The number of nitrogens with zero attached hydrogens (tertiary/aromatic N) is 3. The van der Waals surface area contributed by atoms with Crippen LogP contribution in [0.15, 0.2) is 36.4 Å². The van der Waals surface area contributed by atoms with Gasteiger partial charge in [-0.15, -0.1) is 12.4 Å². The van der Waals surface area contributed by atoms with Gasteiger partial charge in [-0.25, -0.2) is 13.8 Å². The fourth-order valence-electron chi connectivity index (χ4n) is 4.41. The molecule has 4 rings (SSSR count). The number of amides is 1. The Balaban J connectivity index is 0.00000306. The van der Waals surface area contributed by atoms with E-state index in [4.69, 9.17) is 10.7 Å². The summed E-state index contributed by atoms with van der Waals surface area (Å²) in [4.78, 5) is 22.7. The molecule has 0 bridgehead atoms. The SMILES string of the molecule is CN(C)c1nc(NC2CCC(Cc3cc(C(N)=O)cc(F)c3F)CC2)nc2ccccc12.Cl. The predicted molar refractivity (Wildman–Crippen MR) is 129 cm³/mol. The zero-order chi connectivity index (χ0) is 22.8. The van der Waals surface area contributed by atoms with Crippen molar-refractivity contribution in [3.05, 3.63) is 59.2 Å². The average molecular weight is 476 g/mol. The summed E-state index contributed by atoms with van der Waals surface area (Å²) in [5, 5.41) is 4.45. The molecule has 1 amide bonds. The second-order valence-electron chi connectivity index (χ2n) is 8.64. The van der Waals surface area contributed by atoms with Crippen LogP contribution < -0.4 is 16.0 Å². The summed E-state index contributed by atoms with van der Waals surface area (Å²) in [7, 11) is 3.91. The number of halogens is 3. The number of primary amides is 1. The molecule has 0 aliphatic heterocycles. The van der Waals surface area contributed by atoms with E-state index in [2.05, 4.69) is 10.3 Å². The fourth-order valence-corrected chi connectivity index (χ4v) is 4.41. The van der Waals surface area contributed by atoms with Crippen molar-refractivity contribution >= 4 is 41.0 Å². The number of benzene rings is 2. The molecule has 1 fully saturated rings. The highest BCUT2D eigenvalue weighted by Gasteiger charge is 2.24. The van der Waals surface area contributed by atoms with E-state index in [1.54, 1.807) is 0 Å². The molecular weight excluding hydrogens is 448 g/mol. The number of fused-ring (bicyclic) bond motifs is 1. The Kier molecular flexibility index (Phi) is 7.68. The summed E-state index contributed by atoms with van der Waals surface area (Å²) < 4.78 is 28.1. The molecule has 176 valence electrons. The molecule has 0 atom stereocenters. The van der Waals surface area contributed by atoms with Crippen molar-refractivity contribution in [1.29, 1.82) is 0 Å². The normalized spacial score (nSPS) is 17.9. The van der Waals surface area contributed by atoms with Crippen molar-refractivity contribution in [3.8, 4) is 0 Å². The molecule has 1 heterocycles. The van der Waals surface area contributed by atoms with Crippen LogP contribution in [0.1, 0.15) is 41.6 Å². The van der Waals surface area contributed by atoms with E-state index < -0.39 is 17.5 Å². The third kappa shape index (κ3) is 5.50. The second kappa shape index (κ2) is 10.3. The first-order chi connectivity index (χ1) is 15.3. The van der Waals surface area contributed by atoms with Gasteiger partial charge in [0.05, 0.1) is 5.52 Å². The third-order valence-corrected chi connectivity index (χ3v) is 6.08. The monoisotopic (exact) mass is 475 g/mol. The maximum atomic E-state index is 14.2. The quantitative estimate of drug-likeness (QED) is 0.539. The van der Waals surface area contributed by atoms with Crippen molar-refractivity contribution in [3.63, 3.8) is 0 Å². The van der Waals surface area contributed by atoms with Crippen LogP contribution in [-0.2, 0) is 6.42 Å². The van der Waals surface area contributed by atoms with E-state index in [-0.39, 0.29) is 35.5 Å². The Bertz CT molecular complexity index is 1150. The summed E-state index contributed by atoms with van der Waals surface area (Å²) in [5.74, 6) is -1.02. The highest BCUT2D eigenvalue weighted by molar-refractivity contribution is 5.93. The maximum absolute atomic E-state index is 14.2. The minimum absolute atomic E-state index is 0. The Morgan fingerprint density at radius 1 is 1.12 bits per heavy atom. The predicted octanol–water partition coefficient (Wildman–Crippen LogP) is 4.71. The van der Waals surface area contributed by atoms with Crippen LogP contribution in [0.25, 0.3) is 10.9 Å². The number of aromatic nitrogens is 2. The molecule has 1 aromatic heterocycles. The number of anilines is 2. The molecule has 0 unspecified atom stereocenters. The number of carbonyl (C=O) groups is 1. The van der Waals surface area contributed by atoms with Gasteiger partial charge in [-0.2, -0.15) is 4.98 Å². The van der Waals surface area contributed by atoms with Crippen molar-refractivity contribution in [2.45, 2.75) is 38.1 Å². The Morgan fingerprint density at radius 3 is 2.48 bits per heavy atom. The molecule has 1 aliphatic rings. The molecule has 6 nitrogen and oxygen atoms in total. The van der Waals surface area contributed by atoms with Crippen molar-refractivity contribution in [1.82, 2.24) is 9.97 Å². The van der Waals surface area contributed by atoms with Crippen LogP contribution in [-0.4, -0.2) is 36.0 Å². The number of hydrogen-bond acceptors (Lipinski definition) is 5. The van der Waals surface area contributed by atoms with Crippen molar-refractivity contribution in [2.75, 3.05) is 24.3 Å². The lowest BCUT2D eigenvalue weighted by atomic mass is 9.82. The lowest BCUT2D eigenvalue weighted by molar-refractivity contribution is 0.0999. The largest absolute Gasteiger partial charge is 0.366 e. The van der Waals surface area contributed by atoms with Crippen molar-refractivity contribution < 1.29 is 13.6 Å². The number of carbonyl (C=O) groups excluding carboxylic acids is 1. The molecule has 0 spiro atoms. The minimum Gasteiger partial charge on any atom is -0.366 e. The molecular formula is C24H28ClF2N5O. The summed E-state index contributed by atoms with van der Waals surface area (Å²) >= 11 is 0. The topological polar surface area (TPSA) is 84.1 Å². The number of rotatable bonds is 6. The third-order valence-electron chi connectivity index (χ3n) is 6.08. The molecule has 1 saturated carbocycles. The van der Waals surface area contributed by atoms with Gasteiger partial charge >= 0.3 is 0 Å². The van der Waals surface area contributed by atoms with Crippen LogP contribution in [0.3, 0.4) is 0 Å². The van der Waals surface area contributed by atoms with Gasteiger partial charge < -0.3 is 16.0 Å². The number of nitrogens with one attached hydrogen (secondary N) is 1. The van der Waals surface area contributed by atoms with Gasteiger partial charge in [0, 0.05) is 31.1 Å². The lowest BCUT2D eigenvalue weighted by Gasteiger charge is -2.29. The Morgan fingerprint density at radius 2 is 1.82 bits per heavy atom. The molecule has 3 N–H and O–H groups in total. The molecule has 0 radical (unpaired) electrons. The van der Waals surface area contributed by atoms with Gasteiger partial charge in [0.25, 0.3) is 0 Å². The molecule has 2 aromatic carbocycles. The molecule has 9 heteroatoms.